The summed E-state index contributed by atoms with van der Waals surface area (Å²) >= 11 is 0. The average molecular weight is 269 g/mol. The van der Waals surface area contributed by atoms with E-state index in [9.17, 15) is 0 Å². The molecule has 0 aliphatic carbocycles. The van der Waals surface area contributed by atoms with Crippen LogP contribution < -0.4 is 5.73 Å². The fourth-order valence-corrected chi connectivity index (χ4v) is 3.10. The van der Waals surface area contributed by atoms with Gasteiger partial charge in [-0.3, -0.25) is 9.80 Å². The van der Waals surface area contributed by atoms with Gasteiger partial charge >= 0.3 is 0 Å². The number of hydrogen-bond donors (Lipinski definition) is 1. The van der Waals surface area contributed by atoms with Gasteiger partial charge in [-0.1, -0.05) is 32.6 Å². The minimum atomic E-state index is 0.219. The van der Waals surface area contributed by atoms with Crippen LogP contribution in [0.15, 0.2) is 0 Å². The maximum Gasteiger partial charge on any atom is 0.0304 e. The molecule has 19 heavy (non-hydrogen) atoms. The Morgan fingerprint density at radius 3 is 2.16 bits per heavy atom. The van der Waals surface area contributed by atoms with E-state index in [1.54, 1.807) is 0 Å². The highest BCUT2D eigenvalue weighted by molar-refractivity contribution is 4.90. The van der Waals surface area contributed by atoms with Crippen LogP contribution in [0.2, 0.25) is 0 Å². The minimum absolute atomic E-state index is 0.219. The summed E-state index contributed by atoms with van der Waals surface area (Å²) in [5, 5.41) is 0. The first kappa shape index (κ1) is 16.9. The Labute approximate surface area is 120 Å². The summed E-state index contributed by atoms with van der Waals surface area (Å²) in [7, 11) is 0. The van der Waals surface area contributed by atoms with E-state index in [2.05, 4.69) is 37.5 Å². The van der Waals surface area contributed by atoms with Gasteiger partial charge in [0.15, 0.2) is 0 Å². The van der Waals surface area contributed by atoms with Gasteiger partial charge in [0.2, 0.25) is 0 Å². The smallest absolute Gasteiger partial charge is 0.0304 e. The Balaban J connectivity index is 2.41. The lowest BCUT2D eigenvalue weighted by Gasteiger charge is -2.46. The van der Waals surface area contributed by atoms with Crippen molar-refractivity contribution in [3.63, 3.8) is 0 Å². The molecule has 0 aromatic heterocycles. The fourth-order valence-electron chi connectivity index (χ4n) is 3.10. The molecule has 1 aliphatic heterocycles. The summed E-state index contributed by atoms with van der Waals surface area (Å²) in [6.07, 6.45) is 6.61. The van der Waals surface area contributed by atoms with Gasteiger partial charge in [0.1, 0.15) is 0 Å². The predicted molar refractivity (Wildman–Crippen MR) is 84.5 cm³/mol. The molecular formula is C16H35N3. The molecule has 1 fully saturated rings. The van der Waals surface area contributed by atoms with Gasteiger partial charge < -0.3 is 5.73 Å². The molecule has 3 nitrogen and oxygen atoms in total. The third kappa shape index (κ3) is 5.05. The second-order valence-electron chi connectivity index (χ2n) is 6.63. The molecule has 0 saturated carbocycles. The molecule has 1 rings (SSSR count). The number of hydrogen-bond acceptors (Lipinski definition) is 3. The topological polar surface area (TPSA) is 32.5 Å². The summed E-state index contributed by atoms with van der Waals surface area (Å²) in [4.78, 5) is 5.21. The highest BCUT2D eigenvalue weighted by atomic mass is 15.3. The van der Waals surface area contributed by atoms with Crippen LogP contribution in [0.4, 0.5) is 0 Å². The van der Waals surface area contributed by atoms with Crippen LogP contribution >= 0.6 is 0 Å². The highest BCUT2D eigenvalue weighted by Crippen LogP contribution is 2.24. The molecule has 0 spiro atoms. The van der Waals surface area contributed by atoms with Crippen LogP contribution in [0.5, 0.6) is 0 Å². The zero-order valence-electron chi connectivity index (χ0n) is 13.6. The molecule has 0 aromatic rings. The first-order valence-electron chi connectivity index (χ1n) is 8.22. The second kappa shape index (κ2) is 8.23. The molecule has 3 heteroatoms. The molecule has 2 N–H and O–H groups in total. The number of unbranched alkanes of at least 4 members (excludes halogenated alkanes) is 3. The lowest BCUT2D eigenvalue weighted by atomic mass is 9.91. The van der Waals surface area contributed by atoms with Crippen molar-refractivity contribution in [1.82, 2.24) is 9.80 Å². The summed E-state index contributed by atoms with van der Waals surface area (Å²) in [5.74, 6) is 0. The first-order valence-corrected chi connectivity index (χ1v) is 8.22. The van der Waals surface area contributed by atoms with E-state index in [0.717, 1.165) is 6.54 Å². The van der Waals surface area contributed by atoms with Crippen molar-refractivity contribution in [2.45, 2.75) is 71.4 Å². The van der Waals surface area contributed by atoms with Crippen molar-refractivity contribution >= 4 is 0 Å². The Morgan fingerprint density at radius 2 is 1.68 bits per heavy atom. The molecule has 1 heterocycles. The molecule has 0 bridgehead atoms. The summed E-state index contributed by atoms with van der Waals surface area (Å²) < 4.78 is 0. The van der Waals surface area contributed by atoms with Crippen molar-refractivity contribution < 1.29 is 0 Å². The van der Waals surface area contributed by atoms with E-state index in [1.165, 1.54) is 58.3 Å². The van der Waals surface area contributed by atoms with Crippen LogP contribution in [0, 0.1) is 0 Å². The van der Waals surface area contributed by atoms with Gasteiger partial charge in [-0.05, 0) is 27.2 Å². The van der Waals surface area contributed by atoms with Crippen molar-refractivity contribution in [3.05, 3.63) is 0 Å². The molecule has 0 radical (unpaired) electrons. The maximum absolute atomic E-state index is 6.09. The monoisotopic (exact) mass is 269 g/mol. The SMILES string of the molecule is CCCCCCC(C)(CN)N1CCN(C(C)C)CC1. The predicted octanol–water partition coefficient (Wildman–Crippen LogP) is 2.70. The average Bonchev–Trinajstić information content (AvgIpc) is 2.43. The largest absolute Gasteiger partial charge is 0.329 e. The van der Waals surface area contributed by atoms with Crippen molar-refractivity contribution in [2.75, 3.05) is 32.7 Å². The maximum atomic E-state index is 6.09. The first-order chi connectivity index (χ1) is 9.03. The standard InChI is InChI=1S/C16H35N3/c1-5-6-7-8-9-16(4,14-17)19-12-10-18(11-13-19)15(2)3/h15H,5-14,17H2,1-4H3. The minimum Gasteiger partial charge on any atom is -0.329 e. The highest BCUT2D eigenvalue weighted by Gasteiger charge is 2.32. The number of nitrogens with zero attached hydrogens (tertiary/aromatic N) is 2. The Morgan fingerprint density at radius 1 is 1.05 bits per heavy atom. The van der Waals surface area contributed by atoms with Gasteiger partial charge in [-0.2, -0.15) is 0 Å². The van der Waals surface area contributed by atoms with Gasteiger partial charge in [0, 0.05) is 44.3 Å². The zero-order chi connectivity index (χ0) is 14.3. The Kier molecular flexibility index (Phi) is 7.33. The second-order valence-corrected chi connectivity index (χ2v) is 6.63. The zero-order valence-corrected chi connectivity index (χ0v) is 13.6. The van der Waals surface area contributed by atoms with Gasteiger partial charge in [-0.15, -0.1) is 0 Å². The van der Waals surface area contributed by atoms with Crippen LogP contribution in [0.1, 0.15) is 59.8 Å². The Bertz CT molecular complexity index is 234. The van der Waals surface area contributed by atoms with E-state index in [-0.39, 0.29) is 5.54 Å². The lowest BCUT2D eigenvalue weighted by Crippen LogP contribution is -2.59. The summed E-state index contributed by atoms with van der Waals surface area (Å²) in [6, 6.07) is 0.677. The number of nitrogens with two attached hydrogens (primary N) is 1. The molecule has 0 amide bonds. The van der Waals surface area contributed by atoms with Crippen LogP contribution in [0.25, 0.3) is 0 Å². The molecule has 1 saturated heterocycles. The molecule has 1 unspecified atom stereocenters. The van der Waals surface area contributed by atoms with E-state index < -0.39 is 0 Å². The van der Waals surface area contributed by atoms with Gasteiger partial charge in [-0.25, -0.2) is 0 Å². The normalized spacial score (nSPS) is 21.8. The molecule has 114 valence electrons. The van der Waals surface area contributed by atoms with E-state index >= 15 is 0 Å². The van der Waals surface area contributed by atoms with Crippen LogP contribution in [-0.2, 0) is 0 Å². The molecule has 1 atom stereocenters. The summed E-state index contributed by atoms with van der Waals surface area (Å²) in [6.45, 7) is 14.8. The molecule has 1 aliphatic rings. The van der Waals surface area contributed by atoms with E-state index in [0.29, 0.717) is 6.04 Å². The molecular weight excluding hydrogens is 234 g/mol. The van der Waals surface area contributed by atoms with Crippen molar-refractivity contribution in [2.24, 2.45) is 5.73 Å². The summed E-state index contributed by atoms with van der Waals surface area (Å²) in [5.41, 5.74) is 6.31. The van der Waals surface area contributed by atoms with E-state index in [4.69, 9.17) is 5.73 Å². The molecule has 0 aromatic carbocycles. The quantitative estimate of drug-likeness (QED) is 0.688. The van der Waals surface area contributed by atoms with Crippen LogP contribution in [-0.4, -0.2) is 54.1 Å². The van der Waals surface area contributed by atoms with Gasteiger partial charge in [0.05, 0.1) is 0 Å². The third-order valence-corrected chi connectivity index (χ3v) is 4.82. The third-order valence-electron chi connectivity index (χ3n) is 4.82. The fraction of sp³-hybridized carbons (Fsp3) is 1.00. The van der Waals surface area contributed by atoms with E-state index in [1.807, 2.05) is 0 Å². The van der Waals surface area contributed by atoms with Gasteiger partial charge in [0.25, 0.3) is 0 Å². The van der Waals surface area contributed by atoms with Crippen molar-refractivity contribution in [3.8, 4) is 0 Å². The Hall–Kier alpha value is -0.120. The lowest BCUT2D eigenvalue weighted by molar-refractivity contribution is 0.0294. The number of rotatable bonds is 8. The van der Waals surface area contributed by atoms with Crippen molar-refractivity contribution in [1.29, 1.82) is 0 Å². The number of piperazine rings is 1. The van der Waals surface area contributed by atoms with Crippen LogP contribution in [0.3, 0.4) is 0 Å².